The van der Waals surface area contributed by atoms with Gasteiger partial charge in [-0.25, -0.2) is 8.42 Å². The second-order valence-corrected chi connectivity index (χ2v) is 11.2. The molecule has 0 saturated carbocycles. The third kappa shape index (κ3) is 8.94. The van der Waals surface area contributed by atoms with E-state index in [1.807, 2.05) is 13.8 Å². The predicted molar refractivity (Wildman–Crippen MR) is 121 cm³/mol. The van der Waals surface area contributed by atoms with Crippen molar-refractivity contribution in [3.05, 3.63) is 58.7 Å². The topological polar surface area (TPSA) is 130 Å². The zero-order valence-electron chi connectivity index (χ0n) is 18.3. The van der Waals surface area contributed by atoms with Crippen LogP contribution in [-0.2, 0) is 42.0 Å². The molecule has 33 heavy (non-hydrogen) atoms. The minimum atomic E-state index is -3.94. The molecule has 0 spiro atoms. The SMILES string of the molecule is CC(=O)OC(OC(C)=O)c1cc(S(=O)(=O)Cl)ccc1C.Cc1ccc(S(=O)(=O)OCl)cc1C. The van der Waals surface area contributed by atoms with Gasteiger partial charge in [-0.05, 0) is 61.7 Å². The molecule has 0 aliphatic rings. The molecule has 0 aliphatic heterocycles. The van der Waals surface area contributed by atoms with Gasteiger partial charge in [0.1, 0.15) is 0 Å². The molecule has 0 fully saturated rings. The highest BCUT2D eigenvalue weighted by Gasteiger charge is 2.23. The fraction of sp³-hybridized carbons (Fsp3) is 0.300. The molecule has 0 heterocycles. The maximum Gasteiger partial charge on any atom is 0.312 e. The lowest BCUT2D eigenvalue weighted by Crippen LogP contribution is -2.16. The summed E-state index contributed by atoms with van der Waals surface area (Å²) in [4.78, 5) is 22.0. The first-order chi connectivity index (χ1) is 15.1. The Morgan fingerprint density at radius 2 is 1.27 bits per heavy atom. The Bertz CT molecular complexity index is 1220. The summed E-state index contributed by atoms with van der Waals surface area (Å²) in [5.74, 6) is -1.34. The van der Waals surface area contributed by atoms with E-state index < -0.39 is 37.4 Å². The third-order valence-electron chi connectivity index (χ3n) is 4.18. The van der Waals surface area contributed by atoms with Gasteiger partial charge in [-0.15, -0.1) is 0 Å². The van der Waals surface area contributed by atoms with Gasteiger partial charge in [0.15, 0.2) is 0 Å². The number of hydrogen-bond donors (Lipinski definition) is 0. The average molecular weight is 541 g/mol. The first-order valence-corrected chi connectivity index (χ1v) is 13.1. The molecule has 0 saturated heterocycles. The molecule has 0 unspecified atom stereocenters. The largest absolute Gasteiger partial charge is 0.421 e. The summed E-state index contributed by atoms with van der Waals surface area (Å²) in [6, 6.07) is 8.67. The zero-order chi connectivity index (χ0) is 25.6. The van der Waals surface area contributed by atoms with Crippen LogP contribution in [-0.4, -0.2) is 28.8 Å². The summed E-state index contributed by atoms with van der Waals surface area (Å²) in [7, 11) is -2.46. The molecule has 2 aromatic rings. The molecule has 0 radical (unpaired) electrons. The van der Waals surface area contributed by atoms with Gasteiger partial charge < -0.3 is 9.47 Å². The van der Waals surface area contributed by atoms with Crippen molar-refractivity contribution in [2.45, 2.75) is 50.7 Å². The molecular formula is C20H22Cl2O9S2. The Morgan fingerprint density at radius 3 is 1.70 bits per heavy atom. The van der Waals surface area contributed by atoms with E-state index in [2.05, 4.69) is 3.74 Å². The van der Waals surface area contributed by atoms with E-state index in [-0.39, 0.29) is 15.4 Å². The number of aryl methyl sites for hydroxylation is 3. The van der Waals surface area contributed by atoms with Crippen molar-refractivity contribution in [3.63, 3.8) is 0 Å². The summed E-state index contributed by atoms with van der Waals surface area (Å²) >= 11 is 4.83. The van der Waals surface area contributed by atoms with Crippen molar-refractivity contribution < 1.29 is 39.6 Å². The van der Waals surface area contributed by atoms with E-state index in [0.717, 1.165) is 25.0 Å². The molecule has 0 aliphatic carbocycles. The van der Waals surface area contributed by atoms with Crippen LogP contribution in [0.15, 0.2) is 46.2 Å². The minimum Gasteiger partial charge on any atom is -0.421 e. The molecule has 0 bridgehead atoms. The van der Waals surface area contributed by atoms with Gasteiger partial charge in [0.25, 0.3) is 15.3 Å². The molecule has 0 atom stereocenters. The summed E-state index contributed by atoms with van der Waals surface area (Å²) in [5.41, 5.74) is 2.72. The van der Waals surface area contributed by atoms with Crippen molar-refractivity contribution >= 4 is 53.7 Å². The molecule has 182 valence electrons. The molecule has 13 heteroatoms. The fourth-order valence-electron chi connectivity index (χ4n) is 2.38. The number of carbonyl (C=O) groups is 2. The quantitative estimate of drug-likeness (QED) is 0.300. The van der Waals surface area contributed by atoms with Gasteiger partial charge in [0, 0.05) is 30.1 Å². The molecular weight excluding hydrogens is 519 g/mol. The van der Waals surface area contributed by atoms with Crippen LogP contribution in [0.2, 0.25) is 0 Å². The Labute approximate surface area is 202 Å². The van der Waals surface area contributed by atoms with Crippen LogP contribution in [0.4, 0.5) is 0 Å². The van der Waals surface area contributed by atoms with Gasteiger partial charge in [-0.1, -0.05) is 12.1 Å². The van der Waals surface area contributed by atoms with Crippen LogP contribution in [0.1, 0.15) is 42.4 Å². The average Bonchev–Trinajstić information content (AvgIpc) is 2.68. The fourth-order valence-corrected chi connectivity index (χ4v) is 4.02. The Kier molecular flexibility index (Phi) is 10.3. The first-order valence-electron chi connectivity index (χ1n) is 9.10. The van der Waals surface area contributed by atoms with Crippen LogP contribution in [0.3, 0.4) is 0 Å². The Hall–Kier alpha value is -2.18. The Balaban J connectivity index is 0.000000361. The van der Waals surface area contributed by atoms with Gasteiger partial charge >= 0.3 is 22.1 Å². The summed E-state index contributed by atoms with van der Waals surface area (Å²) in [6.07, 6.45) is -1.32. The number of hydrogen-bond acceptors (Lipinski definition) is 9. The van der Waals surface area contributed by atoms with Crippen molar-refractivity contribution in [1.29, 1.82) is 0 Å². The van der Waals surface area contributed by atoms with Gasteiger partial charge in [0.05, 0.1) is 21.7 Å². The smallest absolute Gasteiger partial charge is 0.312 e. The van der Waals surface area contributed by atoms with Crippen molar-refractivity contribution in [3.8, 4) is 0 Å². The van der Waals surface area contributed by atoms with Crippen LogP contribution in [0.5, 0.6) is 0 Å². The lowest BCUT2D eigenvalue weighted by Gasteiger charge is -2.19. The molecule has 0 aromatic heterocycles. The number of carbonyl (C=O) groups excluding carboxylic acids is 2. The summed E-state index contributed by atoms with van der Waals surface area (Å²) < 4.78 is 58.5. The lowest BCUT2D eigenvalue weighted by atomic mass is 10.1. The minimum absolute atomic E-state index is 0.0746. The zero-order valence-corrected chi connectivity index (χ0v) is 21.4. The van der Waals surface area contributed by atoms with Crippen LogP contribution < -0.4 is 0 Å². The number of halogens is 2. The summed E-state index contributed by atoms with van der Waals surface area (Å²) in [5, 5.41) is 0. The van der Waals surface area contributed by atoms with E-state index in [1.54, 1.807) is 13.0 Å². The normalized spacial score (nSPS) is 11.4. The molecule has 0 N–H and O–H groups in total. The van der Waals surface area contributed by atoms with E-state index in [1.165, 1.54) is 30.3 Å². The number of rotatable bonds is 6. The summed E-state index contributed by atoms with van der Waals surface area (Å²) in [6.45, 7) is 7.66. The number of esters is 2. The highest BCUT2D eigenvalue weighted by molar-refractivity contribution is 8.13. The maximum atomic E-state index is 11.3. The molecule has 0 amide bonds. The third-order valence-corrected chi connectivity index (χ3v) is 7.03. The van der Waals surface area contributed by atoms with E-state index in [0.29, 0.717) is 5.56 Å². The van der Waals surface area contributed by atoms with Crippen LogP contribution >= 0.6 is 22.5 Å². The second kappa shape index (κ2) is 11.8. The van der Waals surface area contributed by atoms with Crippen molar-refractivity contribution in [2.75, 3.05) is 0 Å². The van der Waals surface area contributed by atoms with Gasteiger partial charge in [0.2, 0.25) is 0 Å². The van der Waals surface area contributed by atoms with E-state index in [4.69, 9.17) is 32.0 Å². The lowest BCUT2D eigenvalue weighted by molar-refractivity contribution is -0.186. The van der Waals surface area contributed by atoms with Crippen molar-refractivity contribution in [1.82, 2.24) is 0 Å². The number of ether oxygens (including phenoxy) is 2. The second-order valence-electron chi connectivity index (χ2n) is 6.77. The van der Waals surface area contributed by atoms with E-state index in [9.17, 15) is 26.4 Å². The van der Waals surface area contributed by atoms with E-state index >= 15 is 0 Å². The Morgan fingerprint density at radius 1 is 0.788 bits per heavy atom. The van der Waals surface area contributed by atoms with Gasteiger partial charge in [-0.2, -0.15) is 12.2 Å². The monoisotopic (exact) mass is 540 g/mol. The first kappa shape index (κ1) is 28.9. The predicted octanol–water partition coefficient (Wildman–Crippen LogP) is 4.21. The maximum absolute atomic E-state index is 11.3. The highest BCUT2D eigenvalue weighted by Crippen LogP contribution is 2.27. The molecule has 9 nitrogen and oxygen atoms in total. The van der Waals surface area contributed by atoms with Crippen LogP contribution in [0.25, 0.3) is 0 Å². The van der Waals surface area contributed by atoms with Crippen molar-refractivity contribution in [2.24, 2.45) is 0 Å². The molecule has 2 aromatic carbocycles. The molecule has 2 rings (SSSR count). The standard InChI is InChI=1S/C12H13ClO6S.C8H9ClO3S/c1-7-4-5-10(20(13,16)17)6-11(7)12(18-8(2)14)19-9(3)15;1-6-3-4-8(5-7(6)2)13(10,11)12-9/h4-6,12H,1-3H3;3-5H,1-2H3. The van der Waals surface area contributed by atoms with Gasteiger partial charge in [-0.3, -0.25) is 9.59 Å². The van der Waals surface area contributed by atoms with Crippen LogP contribution in [0, 0.1) is 20.8 Å². The number of benzene rings is 2. The highest BCUT2D eigenvalue weighted by atomic mass is 35.7.